The van der Waals surface area contributed by atoms with Crippen molar-refractivity contribution in [3.8, 4) is 0 Å². The van der Waals surface area contributed by atoms with E-state index in [1.165, 1.54) is 0 Å². The molecule has 0 radical (unpaired) electrons. The summed E-state index contributed by atoms with van der Waals surface area (Å²) in [7, 11) is -1.54. The molecule has 0 heterocycles. The first-order valence-corrected chi connectivity index (χ1v) is 7.29. The smallest absolute Gasteiger partial charge is 0.244 e. The summed E-state index contributed by atoms with van der Waals surface area (Å²) in [4.78, 5) is 4.00. The first-order chi connectivity index (χ1) is 5.31. The number of nitrogens with zero attached hydrogens (tertiary/aromatic N) is 1. The minimum absolute atomic E-state index is 0.483. The van der Waals surface area contributed by atoms with Crippen molar-refractivity contribution < 1.29 is 4.43 Å². The number of hydrogen-bond donors (Lipinski definition) is 0. The van der Waals surface area contributed by atoms with E-state index in [1.54, 1.807) is 6.21 Å². The molecule has 68 valence electrons. The highest BCUT2D eigenvalue weighted by Gasteiger charge is 2.15. The van der Waals surface area contributed by atoms with Gasteiger partial charge in [-0.2, -0.15) is 0 Å². The zero-order valence-electron chi connectivity index (χ0n) is 8.35. The summed E-state index contributed by atoms with van der Waals surface area (Å²) < 4.78 is 5.49. The van der Waals surface area contributed by atoms with Crippen molar-refractivity contribution in [2.75, 3.05) is 0 Å². The van der Waals surface area contributed by atoms with Crippen LogP contribution in [0.15, 0.2) is 29.6 Å². The average Bonchev–Trinajstić information content (AvgIpc) is 1.79. The van der Waals surface area contributed by atoms with Gasteiger partial charge >= 0.3 is 0 Å². The van der Waals surface area contributed by atoms with Gasteiger partial charge in [0.1, 0.15) is 0 Å². The van der Waals surface area contributed by atoms with E-state index < -0.39 is 8.32 Å². The number of aliphatic imine (C=N–C) groups is 1. The second-order valence-corrected chi connectivity index (χ2v) is 8.14. The lowest BCUT2D eigenvalue weighted by Crippen LogP contribution is -2.24. The molecule has 0 spiro atoms. The van der Waals surface area contributed by atoms with Crippen LogP contribution in [-0.2, 0) is 4.43 Å². The van der Waals surface area contributed by atoms with Crippen LogP contribution in [0, 0.1) is 0 Å². The fraction of sp³-hybridized carbons (Fsp3) is 0.444. The summed E-state index contributed by atoms with van der Waals surface area (Å²) in [6.45, 7) is 15.5. The maximum atomic E-state index is 5.49. The summed E-state index contributed by atoms with van der Waals surface area (Å²) in [5.41, 5.74) is 0.898. The van der Waals surface area contributed by atoms with Crippen molar-refractivity contribution in [1.29, 1.82) is 0 Å². The van der Waals surface area contributed by atoms with Gasteiger partial charge in [-0.3, -0.25) is 0 Å². The highest BCUT2D eigenvalue weighted by Crippen LogP contribution is 2.09. The molecule has 0 aliphatic heterocycles. The van der Waals surface area contributed by atoms with E-state index in [2.05, 4.69) is 37.8 Å². The Balaban J connectivity index is 3.99. The third-order valence-corrected chi connectivity index (χ3v) is 1.70. The molecule has 0 atom stereocenters. The van der Waals surface area contributed by atoms with Gasteiger partial charge in [0.15, 0.2) is 5.88 Å². The van der Waals surface area contributed by atoms with Crippen LogP contribution in [0.4, 0.5) is 0 Å². The van der Waals surface area contributed by atoms with Gasteiger partial charge in [-0.25, -0.2) is 4.99 Å². The summed E-state index contributed by atoms with van der Waals surface area (Å²) in [5.74, 6) is 0.483. The first-order valence-electron chi connectivity index (χ1n) is 3.89. The van der Waals surface area contributed by atoms with Gasteiger partial charge in [0.25, 0.3) is 0 Å². The predicted octanol–water partition coefficient (Wildman–Crippen LogP) is 2.96. The van der Waals surface area contributed by atoms with Crippen LogP contribution in [0.25, 0.3) is 0 Å². The van der Waals surface area contributed by atoms with Crippen molar-refractivity contribution in [2.24, 2.45) is 4.99 Å². The number of rotatable bonds is 4. The molecule has 12 heavy (non-hydrogen) atoms. The van der Waals surface area contributed by atoms with Gasteiger partial charge < -0.3 is 4.43 Å². The molecule has 0 aliphatic carbocycles. The van der Waals surface area contributed by atoms with Crippen LogP contribution >= 0.6 is 0 Å². The van der Waals surface area contributed by atoms with Crippen LogP contribution in [0.2, 0.25) is 19.6 Å². The van der Waals surface area contributed by atoms with Crippen molar-refractivity contribution >= 4 is 14.5 Å². The Morgan fingerprint density at radius 2 is 1.83 bits per heavy atom. The van der Waals surface area contributed by atoms with E-state index >= 15 is 0 Å². The van der Waals surface area contributed by atoms with Gasteiger partial charge in [0, 0.05) is 6.21 Å². The molecule has 3 heteroatoms. The molecule has 0 rings (SSSR count). The van der Waals surface area contributed by atoms with Gasteiger partial charge in [-0.1, -0.05) is 6.58 Å². The molecular weight excluding hydrogens is 166 g/mol. The lowest BCUT2D eigenvalue weighted by atomic mass is 10.4. The van der Waals surface area contributed by atoms with Crippen molar-refractivity contribution in [1.82, 2.24) is 0 Å². The quantitative estimate of drug-likeness (QED) is 0.373. The predicted molar refractivity (Wildman–Crippen MR) is 56.9 cm³/mol. The monoisotopic (exact) mass is 183 g/mol. The van der Waals surface area contributed by atoms with Gasteiger partial charge in [-0.15, -0.1) is 0 Å². The highest BCUT2D eigenvalue weighted by molar-refractivity contribution is 6.70. The Kier molecular flexibility index (Phi) is 3.96. The largest absolute Gasteiger partial charge is 0.532 e. The Hall–Kier alpha value is -0.833. The van der Waals surface area contributed by atoms with Gasteiger partial charge in [0.05, 0.1) is 0 Å². The van der Waals surface area contributed by atoms with Crippen LogP contribution in [0.1, 0.15) is 6.92 Å². The maximum absolute atomic E-state index is 5.49. The van der Waals surface area contributed by atoms with E-state index in [0.29, 0.717) is 5.88 Å². The van der Waals surface area contributed by atoms with Crippen molar-refractivity contribution in [2.45, 2.75) is 26.6 Å². The average molecular weight is 183 g/mol. The van der Waals surface area contributed by atoms with E-state index in [1.807, 2.05) is 6.92 Å². The highest BCUT2D eigenvalue weighted by atomic mass is 28.4. The molecular formula is C9H17NOSi. The second kappa shape index (κ2) is 4.26. The fourth-order valence-electron chi connectivity index (χ4n) is 0.562. The Morgan fingerprint density at radius 1 is 1.33 bits per heavy atom. The molecule has 0 N–H and O–H groups in total. The lowest BCUT2D eigenvalue weighted by Gasteiger charge is -2.17. The summed E-state index contributed by atoms with van der Waals surface area (Å²) in [6.07, 6.45) is 1.66. The molecule has 0 aliphatic rings. The SMILES string of the molecule is C=C(C)/C=N/C(=C)O[Si](C)(C)C. The molecule has 2 nitrogen and oxygen atoms in total. The van der Waals surface area contributed by atoms with Crippen LogP contribution < -0.4 is 0 Å². The molecule has 0 unspecified atom stereocenters. The van der Waals surface area contributed by atoms with E-state index in [4.69, 9.17) is 4.43 Å². The number of allylic oxidation sites excluding steroid dienone is 1. The Labute approximate surface area is 75.8 Å². The summed E-state index contributed by atoms with van der Waals surface area (Å²) in [6, 6.07) is 0. The molecule has 0 aromatic carbocycles. The minimum Gasteiger partial charge on any atom is -0.532 e. The van der Waals surface area contributed by atoms with E-state index in [-0.39, 0.29) is 0 Å². The third-order valence-electron chi connectivity index (χ3n) is 0.853. The van der Waals surface area contributed by atoms with Crippen LogP contribution in [-0.4, -0.2) is 14.5 Å². The minimum atomic E-state index is -1.54. The van der Waals surface area contributed by atoms with Gasteiger partial charge in [-0.05, 0) is 38.7 Å². The molecule has 0 fully saturated rings. The maximum Gasteiger partial charge on any atom is 0.244 e. The molecule has 0 bridgehead atoms. The molecule has 0 amide bonds. The molecule has 0 aromatic rings. The normalized spacial score (nSPS) is 11.7. The zero-order valence-corrected chi connectivity index (χ0v) is 9.35. The Morgan fingerprint density at radius 3 is 2.17 bits per heavy atom. The number of hydrogen-bond acceptors (Lipinski definition) is 2. The standard InChI is InChI=1S/C9H17NOSi/c1-8(2)7-10-9(3)11-12(4,5)6/h7H,1,3H2,2,4-6H3/b10-7+. The third kappa shape index (κ3) is 7.28. The summed E-state index contributed by atoms with van der Waals surface area (Å²) in [5, 5.41) is 0. The second-order valence-electron chi connectivity index (χ2n) is 3.71. The van der Waals surface area contributed by atoms with E-state index in [0.717, 1.165) is 5.57 Å². The van der Waals surface area contributed by atoms with Crippen molar-refractivity contribution in [3.63, 3.8) is 0 Å². The zero-order chi connectivity index (χ0) is 9.78. The molecule has 0 saturated heterocycles. The van der Waals surface area contributed by atoms with Crippen molar-refractivity contribution in [3.05, 3.63) is 24.6 Å². The summed E-state index contributed by atoms with van der Waals surface area (Å²) >= 11 is 0. The topological polar surface area (TPSA) is 21.6 Å². The molecule has 0 aromatic heterocycles. The van der Waals surface area contributed by atoms with Crippen LogP contribution in [0.5, 0.6) is 0 Å². The van der Waals surface area contributed by atoms with E-state index in [9.17, 15) is 0 Å². The fourth-order valence-corrected chi connectivity index (χ4v) is 1.32. The Bertz CT molecular complexity index is 213. The molecule has 0 saturated carbocycles. The first kappa shape index (κ1) is 11.2. The van der Waals surface area contributed by atoms with Crippen LogP contribution in [0.3, 0.4) is 0 Å². The van der Waals surface area contributed by atoms with Gasteiger partial charge in [0.2, 0.25) is 8.32 Å². The lowest BCUT2D eigenvalue weighted by molar-refractivity contribution is 0.421.